The molecule has 2 aromatic heterocycles. The third-order valence-corrected chi connectivity index (χ3v) is 6.81. The first-order valence-corrected chi connectivity index (χ1v) is 11.2. The van der Waals surface area contributed by atoms with E-state index < -0.39 is 16.1 Å². The van der Waals surface area contributed by atoms with Crippen LogP contribution in [0.5, 0.6) is 0 Å². The van der Waals surface area contributed by atoms with E-state index in [4.69, 9.17) is 4.98 Å². The number of benzene rings is 1. The highest BCUT2D eigenvalue weighted by Gasteiger charge is 2.29. The van der Waals surface area contributed by atoms with E-state index in [9.17, 15) is 9.35 Å². The van der Waals surface area contributed by atoms with Crippen LogP contribution in [0.3, 0.4) is 0 Å². The molecular formula is C23H30N4O2S. The Morgan fingerprint density at radius 2 is 1.80 bits per heavy atom. The van der Waals surface area contributed by atoms with Crippen LogP contribution in [0.2, 0.25) is 0 Å². The zero-order chi connectivity index (χ0) is 22.4. The molecule has 0 fully saturated rings. The normalized spacial score (nSPS) is 14.2. The first-order chi connectivity index (χ1) is 13.9. The van der Waals surface area contributed by atoms with Gasteiger partial charge in [0.05, 0.1) is 16.9 Å². The minimum absolute atomic E-state index is 0.107. The topological polar surface area (TPSA) is 82.9 Å². The van der Waals surface area contributed by atoms with Gasteiger partial charge in [-0.05, 0) is 72.2 Å². The van der Waals surface area contributed by atoms with Crippen molar-refractivity contribution < 1.29 is 4.55 Å². The molecule has 0 radical (unpaired) electrons. The van der Waals surface area contributed by atoms with Gasteiger partial charge >= 0.3 is 0 Å². The average molecular weight is 427 g/mol. The number of hydrogen-bond donors (Lipinski definition) is 1. The third-order valence-electron chi connectivity index (χ3n) is 5.13. The van der Waals surface area contributed by atoms with Crippen molar-refractivity contribution in [2.24, 2.45) is 7.05 Å². The van der Waals surface area contributed by atoms with Crippen LogP contribution < -0.4 is 10.3 Å². The summed E-state index contributed by atoms with van der Waals surface area (Å²) in [6.45, 7) is 13.6. The summed E-state index contributed by atoms with van der Waals surface area (Å²) >= 11 is -1.25. The second-order valence-electron chi connectivity index (χ2n) is 8.86. The first-order valence-electron chi connectivity index (χ1n) is 10.0. The Hall–Kier alpha value is -2.22. The summed E-state index contributed by atoms with van der Waals surface area (Å²) in [7, 11) is 1.74. The van der Waals surface area contributed by atoms with Gasteiger partial charge in [0.15, 0.2) is 0 Å². The fourth-order valence-corrected chi connectivity index (χ4v) is 4.25. The minimum Gasteiger partial charge on any atom is -0.598 e. The van der Waals surface area contributed by atoms with Gasteiger partial charge in [-0.1, -0.05) is 6.07 Å². The molecule has 1 N–H and O–H groups in total. The van der Waals surface area contributed by atoms with Gasteiger partial charge in [-0.25, -0.2) is 4.98 Å². The van der Waals surface area contributed by atoms with Gasteiger partial charge in [0.2, 0.25) is 0 Å². The molecule has 3 rings (SSSR count). The molecule has 3 aromatic rings. The van der Waals surface area contributed by atoms with Gasteiger partial charge in [-0.15, -0.1) is 4.72 Å². The van der Waals surface area contributed by atoms with E-state index in [1.165, 1.54) is 0 Å². The Balaban J connectivity index is 2.24. The zero-order valence-electron chi connectivity index (χ0n) is 19.0. The lowest BCUT2D eigenvalue weighted by atomic mass is 10.0. The summed E-state index contributed by atoms with van der Waals surface area (Å²) < 4.78 is 17.0. The average Bonchev–Trinajstić information content (AvgIpc) is 2.64. The van der Waals surface area contributed by atoms with Crippen molar-refractivity contribution in [1.82, 2.24) is 19.3 Å². The van der Waals surface area contributed by atoms with Gasteiger partial charge in [-0.2, -0.15) is 0 Å². The molecule has 0 amide bonds. The van der Waals surface area contributed by atoms with Gasteiger partial charge in [0, 0.05) is 40.9 Å². The molecule has 7 heteroatoms. The van der Waals surface area contributed by atoms with E-state index in [-0.39, 0.29) is 11.6 Å². The molecular weight excluding hydrogens is 396 g/mol. The number of nitrogens with zero attached hydrogens (tertiary/aromatic N) is 3. The van der Waals surface area contributed by atoms with Crippen molar-refractivity contribution in [2.45, 2.75) is 59.3 Å². The molecule has 0 aliphatic rings. The molecule has 0 bridgehead atoms. The van der Waals surface area contributed by atoms with Crippen molar-refractivity contribution in [1.29, 1.82) is 0 Å². The molecule has 0 aliphatic carbocycles. The first kappa shape index (κ1) is 22.5. The smallest absolute Gasteiger partial charge is 0.261 e. The lowest BCUT2D eigenvalue weighted by Gasteiger charge is -2.27. The summed E-state index contributed by atoms with van der Waals surface area (Å²) in [6, 6.07) is 7.51. The third kappa shape index (κ3) is 4.29. The fourth-order valence-electron chi connectivity index (χ4n) is 3.45. The van der Waals surface area contributed by atoms with Crippen molar-refractivity contribution in [3.8, 4) is 11.4 Å². The minimum atomic E-state index is -1.25. The number of hydrogen-bond acceptors (Lipinski definition) is 5. The highest BCUT2D eigenvalue weighted by atomic mass is 32.2. The van der Waals surface area contributed by atoms with E-state index in [0.717, 1.165) is 28.1 Å². The number of aryl methyl sites for hydroxylation is 3. The zero-order valence-corrected chi connectivity index (χ0v) is 19.8. The molecule has 1 unspecified atom stereocenters. The van der Waals surface area contributed by atoms with Crippen LogP contribution in [0.1, 0.15) is 56.3 Å². The Kier molecular flexibility index (Phi) is 6.09. The Bertz CT molecular complexity index is 1160. The van der Waals surface area contributed by atoms with Crippen LogP contribution in [-0.4, -0.2) is 23.8 Å². The molecule has 2 atom stereocenters. The summed E-state index contributed by atoms with van der Waals surface area (Å²) in [5, 5.41) is 0.559. The predicted molar refractivity (Wildman–Crippen MR) is 124 cm³/mol. The van der Waals surface area contributed by atoms with Gasteiger partial charge in [0.1, 0.15) is 10.6 Å². The second-order valence-corrected chi connectivity index (χ2v) is 10.9. The van der Waals surface area contributed by atoms with Crippen molar-refractivity contribution in [3.05, 3.63) is 57.1 Å². The van der Waals surface area contributed by atoms with E-state index in [0.29, 0.717) is 16.7 Å². The predicted octanol–water partition coefficient (Wildman–Crippen LogP) is 4.03. The quantitative estimate of drug-likeness (QED) is 0.637. The summed E-state index contributed by atoms with van der Waals surface area (Å²) in [4.78, 5) is 22.7. The number of rotatable bonds is 4. The van der Waals surface area contributed by atoms with Crippen molar-refractivity contribution in [3.63, 3.8) is 0 Å². The van der Waals surface area contributed by atoms with Gasteiger partial charge in [0.25, 0.3) is 5.56 Å². The Morgan fingerprint density at radius 3 is 2.40 bits per heavy atom. The highest BCUT2D eigenvalue weighted by molar-refractivity contribution is 7.90. The van der Waals surface area contributed by atoms with Gasteiger partial charge in [-0.3, -0.25) is 14.3 Å². The van der Waals surface area contributed by atoms with Crippen LogP contribution in [0.25, 0.3) is 22.3 Å². The van der Waals surface area contributed by atoms with Crippen LogP contribution in [0.4, 0.5) is 0 Å². The van der Waals surface area contributed by atoms with Crippen LogP contribution in [0.15, 0.2) is 29.1 Å². The van der Waals surface area contributed by atoms with Crippen LogP contribution in [0, 0.1) is 20.8 Å². The largest absolute Gasteiger partial charge is 0.598 e. The Morgan fingerprint density at radius 1 is 1.13 bits per heavy atom. The molecule has 0 aliphatic heterocycles. The second kappa shape index (κ2) is 8.13. The SMILES string of the molecule is Cc1cc(C(C)N[S@+]([O-])C(C)(C)C)c2nc(-c3ccc(C)nc3C)n(C)c(=O)c2c1. The summed E-state index contributed by atoms with van der Waals surface area (Å²) in [5.41, 5.74) is 4.92. The molecule has 6 nitrogen and oxygen atoms in total. The van der Waals surface area contributed by atoms with E-state index >= 15 is 0 Å². The monoisotopic (exact) mass is 426 g/mol. The Labute approximate surface area is 181 Å². The molecule has 2 heterocycles. The number of fused-ring (bicyclic) bond motifs is 1. The van der Waals surface area contributed by atoms with Crippen molar-refractivity contribution in [2.75, 3.05) is 0 Å². The molecule has 1 aromatic carbocycles. The van der Waals surface area contributed by atoms with Crippen LogP contribution in [-0.2, 0) is 18.4 Å². The molecule has 0 saturated carbocycles. The highest BCUT2D eigenvalue weighted by Crippen LogP contribution is 2.28. The lowest BCUT2D eigenvalue weighted by molar-refractivity contribution is 0.531. The molecule has 0 spiro atoms. The maximum absolute atomic E-state index is 13.2. The number of pyridine rings is 1. The standard InChI is InChI=1S/C23H30N4O2S/c1-13-11-18(16(4)26-30(29)23(5,6)7)20-19(12-13)22(28)27(8)21(25-20)17-10-9-14(2)24-15(17)3/h9-12,16,26H,1-8H3/t16?,30-/m1/s1. The summed E-state index contributed by atoms with van der Waals surface area (Å²) in [6.07, 6.45) is 0. The molecule has 0 saturated heterocycles. The number of aromatic nitrogens is 3. The van der Waals surface area contributed by atoms with E-state index in [1.807, 2.05) is 72.7 Å². The molecule has 160 valence electrons. The maximum atomic E-state index is 13.2. The maximum Gasteiger partial charge on any atom is 0.261 e. The van der Waals surface area contributed by atoms with E-state index in [1.54, 1.807) is 11.6 Å². The summed E-state index contributed by atoms with van der Waals surface area (Å²) in [5.74, 6) is 0.576. The molecule has 30 heavy (non-hydrogen) atoms. The lowest BCUT2D eigenvalue weighted by Crippen LogP contribution is -2.40. The van der Waals surface area contributed by atoms with E-state index in [2.05, 4.69) is 9.71 Å². The fraction of sp³-hybridized carbons (Fsp3) is 0.435. The number of nitrogens with one attached hydrogen (secondary N) is 1. The van der Waals surface area contributed by atoms with Crippen LogP contribution >= 0.6 is 0 Å². The van der Waals surface area contributed by atoms with Crippen molar-refractivity contribution >= 4 is 22.3 Å². The van der Waals surface area contributed by atoms with Gasteiger partial charge < -0.3 is 4.55 Å².